The molecule has 2 aromatic carbocycles. The lowest BCUT2D eigenvalue weighted by molar-refractivity contribution is -0.121. The molecule has 10 nitrogen and oxygen atoms in total. The van der Waals surface area contributed by atoms with Crippen molar-refractivity contribution in [1.82, 2.24) is 14.8 Å². The largest absolute Gasteiger partial charge is 0.444 e. The molecule has 2 aliphatic rings. The van der Waals surface area contributed by atoms with Crippen LogP contribution in [0.3, 0.4) is 0 Å². The van der Waals surface area contributed by atoms with Gasteiger partial charge in [0.2, 0.25) is 5.91 Å². The number of amides is 3. The van der Waals surface area contributed by atoms with Gasteiger partial charge in [-0.05, 0) is 84.7 Å². The Labute approximate surface area is 255 Å². The van der Waals surface area contributed by atoms with Crippen LogP contribution >= 0.6 is 11.6 Å². The lowest BCUT2D eigenvalue weighted by Gasteiger charge is -2.32. The predicted octanol–water partition coefficient (Wildman–Crippen LogP) is 6.57. The molecule has 5 rings (SSSR count). The Kier molecular flexibility index (Phi) is 7.94. The molecule has 3 aromatic rings. The van der Waals surface area contributed by atoms with Gasteiger partial charge in [0.25, 0.3) is 5.91 Å². The van der Waals surface area contributed by atoms with Crippen molar-refractivity contribution in [3.05, 3.63) is 52.5 Å². The molecule has 1 aromatic heterocycles. The van der Waals surface area contributed by atoms with Crippen LogP contribution in [0.2, 0.25) is 5.02 Å². The Hall–Kier alpha value is -4.05. The second kappa shape index (κ2) is 11.2. The summed E-state index contributed by atoms with van der Waals surface area (Å²) in [7, 11) is 0. The van der Waals surface area contributed by atoms with Crippen molar-refractivity contribution in [3.8, 4) is 11.3 Å². The zero-order valence-electron chi connectivity index (χ0n) is 25.3. The van der Waals surface area contributed by atoms with E-state index in [4.69, 9.17) is 21.1 Å². The monoisotopic (exact) mass is 608 g/mol. The third-order valence-corrected chi connectivity index (χ3v) is 7.70. The molecule has 43 heavy (non-hydrogen) atoms. The molecule has 0 radical (unpaired) electrons. The summed E-state index contributed by atoms with van der Waals surface area (Å²) >= 11 is 6.39. The number of benzene rings is 2. The van der Waals surface area contributed by atoms with Crippen molar-refractivity contribution in [2.45, 2.75) is 72.1 Å². The minimum Gasteiger partial charge on any atom is -0.444 e. The predicted molar refractivity (Wildman–Crippen MR) is 164 cm³/mol. The number of aromatic nitrogens is 1. The third-order valence-electron chi connectivity index (χ3n) is 7.35. The van der Waals surface area contributed by atoms with Gasteiger partial charge in [-0.1, -0.05) is 17.7 Å². The Balaban J connectivity index is 1.42. The highest BCUT2D eigenvalue weighted by Gasteiger charge is 2.32. The van der Waals surface area contributed by atoms with Crippen LogP contribution in [0.5, 0.6) is 0 Å². The Morgan fingerprint density at radius 1 is 0.930 bits per heavy atom. The van der Waals surface area contributed by atoms with Gasteiger partial charge in [0, 0.05) is 52.8 Å². The highest BCUT2D eigenvalue weighted by molar-refractivity contribution is 6.32. The topological polar surface area (TPSA) is 119 Å². The molecule has 0 atom stereocenters. The summed E-state index contributed by atoms with van der Waals surface area (Å²) in [6, 6.07) is 10.5. The van der Waals surface area contributed by atoms with Gasteiger partial charge in [-0.15, -0.1) is 0 Å². The van der Waals surface area contributed by atoms with Gasteiger partial charge in [-0.3, -0.25) is 9.59 Å². The van der Waals surface area contributed by atoms with E-state index in [-0.39, 0.29) is 23.8 Å². The number of anilines is 1. The SMILES string of the molecule is CC(C)(C)OC(=O)N1CCC(C(=O)Nc2ccc3c(c2)cc(-c2ccc(Cl)c4c2C(=O)NC4)n3C(=O)OC(C)(C)C)CC1. The van der Waals surface area contributed by atoms with Gasteiger partial charge in [0.15, 0.2) is 0 Å². The summed E-state index contributed by atoms with van der Waals surface area (Å²) in [5.41, 5.74) is 1.94. The number of carbonyl (C=O) groups excluding carboxylic acids is 4. The number of piperidine rings is 1. The third kappa shape index (κ3) is 6.49. The van der Waals surface area contributed by atoms with Gasteiger partial charge in [-0.25, -0.2) is 14.2 Å². The van der Waals surface area contributed by atoms with Crippen LogP contribution in [0.4, 0.5) is 15.3 Å². The van der Waals surface area contributed by atoms with Crippen molar-refractivity contribution >= 4 is 52.2 Å². The molecule has 0 bridgehead atoms. The first kappa shape index (κ1) is 30.4. The molecule has 3 amide bonds. The van der Waals surface area contributed by atoms with Crippen molar-refractivity contribution < 1.29 is 28.7 Å². The molecule has 2 aliphatic heterocycles. The van der Waals surface area contributed by atoms with E-state index in [0.717, 1.165) is 0 Å². The first-order valence-electron chi connectivity index (χ1n) is 14.4. The van der Waals surface area contributed by atoms with Crippen LogP contribution in [0.1, 0.15) is 70.3 Å². The van der Waals surface area contributed by atoms with Gasteiger partial charge >= 0.3 is 12.2 Å². The lowest BCUT2D eigenvalue weighted by atomic mass is 9.96. The van der Waals surface area contributed by atoms with Gasteiger partial charge in [-0.2, -0.15) is 0 Å². The minimum absolute atomic E-state index is 0.137. The molecule has 0 aliphatic carbocycles. The highest BCUT2D eigenvalue weighted by atomic mass is 35.5. The quantitative estimate of drug-likeness (QED) is 0.347. The molecule has 0 saturated carbocycles. The van der Waals surface area contributed by atoms with Gasteiger partial charge in [0.05, 0.1) is 16.8 Å². The summed E-state index contributed by atoms with van der Waals surface area (Å²) in [6.45, 7) is 12.0. The van der Waals surface area contributed by atoms with Crippen molar-refractivity contribution in [2.75, 3.05) is 18.4 Å². The number of carbonyl (C=O) groups is 4. The molecule has 11 heteroatoms. The lowest BCUT2D eigenvalue weighted by Crippen LogP contribution is -2.43. The molecular weight excluding hydrogens is 572 g/mol. The van der Waals surface area contributed by atoms with E-state index in [2.05, 4.69) is 10.6 Å². The van der Waals surface area contributed by atoms with E-state index >= 15 is 0 Å². The number of hydrogen-bond acceptors (Lipinski definition) is 6. The second-order valence-corrected chi connectivity index (χ2v) is 13.4. The average molecular weight is 609 g/mol. The van der Waals surface area contributed by atoms with Gasteiger partial charge < -0.3 is 25.0 Å². The number of hydrogen-bond donors (Lipinski definition) is 2. The van der Waals surface area contributed by atoms with E-state index in [1.807, 2.05) is 26.8 Å². The van der Waals surface area contributed by atoms with Crippen LogP contribution in [0.15, 0.2) is 36.4 Å². The number of likely N-dealkylation sites (tertiary alicyclic amines) is 1. The maximum atomic E-state index is 13.5. The van der Waals surface area contributed by atoms with Crippen molar-refractivity contribution in [3.63, 3.8) is 0 Å². The van der Waals surface area contributed by atoms with Crippen LogP contribution < -0.4 is 10.6 Å². The second-order valence-electron chi connectivity index (χ2n) is 13.0. The standard InChI is InChI=1S/C32H37ClN4O6/c1-31(2,3)42-29(40)36-13-11-18(12-14-36)27(38)35-20-7-10-24-19(15-20)16-25(37(24)30(41)43-32(4,5)6)21-8-9-23(33)22-17-34-28(39)26(21)22/h7-10,15-16,18H,11-14,17H2,1-6H3,(H,34,39)(H,35,38). The van der Waals surface area contributed by atoms with Crippen LogP contribution in [0.25, 0.3) is 22.2 Å². The molecular formula is C32H37ClN4O6. The van der Waals surface area contributed by atoms with E-state index < -0.39 is 17.3 Å². The van der Waals surface area contributed by atoms with Crippen molar-refractivity contribution in [2.24, 2.45) is 5.92 Å². The van der Waals surface area contributed by atoms with Crippen LogP contribution in [0, 0.1) is 5.92 Å². The Bertz CT molecular complexity index is 1620. The minimum atomic E-state index is -0.753. The molecule has 2 N–H and O–H groups in total. The first-order chi connectivity index (χ1) is 20.1. The fourth-order valence-electron chi connectivity index (χ4n) is 5.42. The first-order valence-corrected chi connectivity index (χ1v) is 14.8. The summed E-state index contributed by atoms with van der Waals surface area (Å²) in [5, 5.41) is 6.96. The summed E-state index contributed by atoms with van der Waals surface area (Å²) in [6.07, 6.45) is 0.0889. The number of ether oxygens (including phenoxy) is 2. The summed E-state index contributed by atoms with van der Waals surface area (Å²) in [4.78, 5) is 53.5. The highest BCUT2D eigenvalue weighted by Crippen LogP contribution is 2.37. The molecule has 228 valence electrons. The average Bonchev–Trinajstić information content (AvgIpc) is 3.48. The number of nitrogens with one attached hydrogen (secondary N) is 2. The van der Waals surface area contributed by atoms with E-state index in [0.29, 0.717) is 76.5 Å². The zero-order valence-corrected chi connectivity index (χ0v) is 26.1. The summed E-state index contributed by atoms with van der Waals surface area (Å²) in [5.74, 6) is -0.659. The summed E-state index contributed by atoms with van der Waals surface area (Å²) < 4.78 is 12.6. The number of fused-ring (bicyclic) bond motifs is 2. The Morgan fingerprint density at radius 3 is 2.23 bits per heavy atom. The number of halogens is 1. The fourth-order valence-corrected chi connectivity index (χ4v) is 5.64. The normalized spacial score (nSPS) is 15.7. The molecule has 3 heterocycles. The van der Waals surface area contributed by atoms with Gasteiger partial charge in [0.1, 0.15) is 11.2 Å². The maximum absolute atomic E-state index is 13.5. The fraction of sp³-hybridized carbons (Fsp3) is 0.438. The van der Waals surface area contributed by atoms with Crippen LogP contribution in [-0.2, 0) is 20.8 Å². The van der Waals surface area contributed by atoms with E-state index in [1.54, 1.807) is 56.0 Å². The van der Waals surface area contributed by atoms with Crippen LogP contribution in [-0.4, -0.2) is 57.8 Å². The number of rotatable bonds is 3. The van der Waals surface area contributed by atoms with E-state index in [9.17, 15) is 19.2 Å². The molecule has 1 fully saturated rings. The van der Waals surface area contributed by atoms with Crippen molar-refractivity contribution in [1.29, 1.82) is 0 Å². The maximum Gasteiger partial charge on any atom is 0.419 e. The smallest absolute Gasteiger partial charge is 0.419 e. The molecule has 0 unspecified atom stereocenters. The molecule has 0 spiro atoms. The zero-order chi connectivity index (χ0) is 31.3. The Morgan fingerprint density at radius 2 is 1.58 bits per heavy atom. The number of nitrogens with zero attached hydrogens (tertiary/aromatic N) is 2. The van der Waals surface area contributed by atoms with E-state index in [1.165, 1.54) is 4.57 Å². The molecule has 1 saturated heterocycles.